The molecule has 2 aromatic heterocycles. The van der Waals surface area contributed by atoms with E-state index < -0.39 is 24.0 Å². The second-order valence-corrected chi connectivity index (χ2v) is 7.30. The number of nitrogens with zero attached hydrogens (tertiary/aromatic N) is 5. The highest BCUT2D eigenvalue weighted by molar-refractivity contribution is 5.71. The van der Waals surface area contributed by atoms with Crippen molar-refractivity contribution < 1.29 is 14.9 Å². The first-order chi connectivity index (χ1) is 12.7. The topological polar surface area (TPSA) is 115 Å². The van der Waals surface area contributed by atoms with Crippen molar-refractivity contribution in [2.75, 3.05) is 19.7 Å². The highest BCUT2D eigenvalue weighted by Crippen LogP contribution is 2.17. The van der Waals surface area contributed by atoms with Crippen LogP contribution in [0, 0.1) is 0 Å². The summed E-state index contributed by atoms with van der Waals surface area (Å²) in [6, 6.07) is 0. The Balaban J connectivity index is 2.12. The van der Waals surface area contributed by atoms with E-state index in [1.54, 1.807) is 11.6 Å². The number of rotatable bonds is 5. The zero-order valence-electron chi connectivity index (χ0n) is 16.1. The first-order valence-corrected chi connectivity index (χ1v) is 9.04. The first-order valence-electron chi connectivity index (χ1n) is 9.04. The molecule has 1 aliphatic heterocycles. The van der Waals surface area contributed by atoms with Crippen LogP contribution in [0.25, 0.3) is 11.2 Å². The molecule has 0 unspecified atom stereocenters. The summed E-state index contributed by atoms with van der Waals surface area (Å²) in [7, 11) is 2.97. The molecule has 0 saturated carbocycles. The fourth-order valence-corrected chi connectivity index (χ4v) is 3.69. The van der Waals surface area contributed by atoms with E-state index in [9.17, 15) is 19.8 Å². The van der Waals surface area contributed by atoms with Crippen LogP contribution in [0.1, 0.15) is 19.7 Å². The minimum absolute atomic E-state index is 0.0191. The molecule has 0 amide bonds. The zero-order valence-corrected chi connectivity index (χ0v) is 16.1. The molecule has 0 aliphatic carbocycles. The molecule has 0 spiro atoms. The summed E-state index contributed by atoms with van der Waals surface area (Å²) in [6.07, 6.45) is -0.885. The second-order valence-electron chi connectivity index (χ2n) is 7.30. The average molecular weight is 381 g/mol. The van der Waals surface area contributed by atoms with Crippen LogP contribution in [-0.4, -0.2) is 71.8 Å². The molecular weight excluding hydrogens is 354 g/mol. The van der Waals surface area contributed by atoms with Crippen LogP contribution in [-0.2, 0) is 31.9 Å². The normalized spacial score (nSPS) is 22.4. The van der Waals surface area contributed by atoms with Gasteiger partial charge in [0.05, 0.1) is 38.0 Å². The van der Waals surface area contributed by atoms with Crippen LogP contribution in [0.3, 0.4) is 0 Å². The Kier molecular flexibility index (Phi) is 5.52. The molecule has 10 nitrogen and oxygen atoms in total. The molecule has 1 aliphatic rings. The number of aryl methyl sites for hydroxylation is 1. The van der Waals surface area contributed by atoms with Gasteiger partial charge in [0.1, 0.15) is 5.82 Å². The van der Waals surface area contributed by atoms with Crippen molar-refractivity contribution >= 4 is 11.2 Å². The maximum Gasteiger partial charge on any atom is 0.332 e. The van der Waals surface area contributed by atoms with Crippen molar-refractivity contribution in [2.24, 2.45) is 14.1 Å². The monoisotopic (exact) mass is 381 g/mol. The van der Waals surface area contributed by atoms with Crippen LogP contribution in [0.5, 0.6) is 0 Å². The van der Waals surface area contributed by atoms with Gasteiger partial charge in [0.15, 0.2) is 11.2 Å². The fraction of sp³-hybridized carbons (Fsp3) is 0.706. The van der Waals surface area contributed by atoms with Crippen LogP contribution >= 0.6 is 0 Å². The summed E-state index contributed by atoms with van der Waals surface area (Å²) in [4.78, 5) is 31.7. The maximum atomic E-state index is 12.7. The zero-order chi connectivity index (χ0) is 19.9. The van der Waals surface area contributed by atoms with Crippen molar-refractivity contribution in [3.63, 3.8) is 0 Å². The Labute approximate surface area is 156 Å². The molecule has 2 aromatic rings. The molecule has 0 radical (unpaired) electrons. The number of aliphatic hydroxyl groups is 2. The molecule has 27 heavy (non-hydrogen) atoms. The number of hydrogen-bond acceptors (Lipinski definition) is 7. The minimum atomic E-state index is -1.04. The first kappa shape index (κ1) is 19.7. The van der Waals surface area contributed by atoms with Crippen molar-refractivity contribution in [3.05, 3.63) is 26.7 Å². The van der Waals surface area contributed by atoms with Gasteiger partial charge in [-0.15, -0.1) is 0 Å². The summed E-state index contributed by atoms with van der Waals surface area (Å²) in [6.45, 7) is 5.46. The van der Waals surface area contributed by atoms with Crippen LogP contribution < -0.4 is 11.2 Å². The lowest BCUT2D eigenvalue weighted by Gasteiger charge is -2.35. The number of ether oxygens (including phenoxy) is 1. The lowest BCUT2D eigenvalue weighted by Crippen LogP contribution is -2.45. The largest absolute Gasteiger partial charge is 0.394 e. The van der Waals surface area contributed by atoms with Crippen LogP contribution in [0.4, 0.5) is 0 Å². The van der Waals surface area contributed by atoms with E-state index in [0.717, 1.165) is 4.57 Å². The number of aromatic nitrogens is 4. The van der Waals surface area contributed by atoms with E-state index in [-0.39, 0.29) is 29.9 Å². The lowest BCUT2D eigenvalue weighted by atomic mass is 10.2. The minimum Gasteiger partial charge on any atom is -0.394 e. The lowest BCUT2D eigenvalue weighted by molar-refractivity contribution is -0.0713. The SMILES string of the molecule is C[C@@H]1CN(Cc2nc3c(c(=O)n(C)c(=O)n3C)n2C[C@H](O)CO)C[C@@H](C)O1. The van der Waals surface area contributed by atoms with E-state index in [2.05, 4.69) is 9.88 Å². The number of imidazole rings is 1. The molecule has 1 saturated heterocycles. The summed E-state index contributed by atoms with van der Waals surface area (Å²) < 4.78 is 9.72. The van der Waals surface area contributed by atoms with Crippen LogP contribution in [0.2, 0.25) is 0 Å². The number of aliphatic hydroxyl groups excluding tert-OH is 2. The smallest absolute Gasteiger partial charge is 0.332 e. The van der Waals surface area contributed by atoms with E-state index >= 15 is 0 Å². The quantitative estimate of drug-likeness (QED) is 0.641. The van der Waals surface area contributed by atoms with Gasteiger partial charge in [-0.25, -0.2) is 9.78 Å². The Bertz CT molecular complexity index is 936. The highest BCUT2D eigenvalue weighted by Gasteiger charge is 2.26. The van der Waals surface area contributed by atoms with E-state index in [1.165, 1.54) is 11.6 Å². The van der Waals surface area contributed by atoms with Gasteiger partial charge in [-0.05, 0) is 13.8 Å². The predicted molar refractivity (Wildman–Crippen MR) is 98.6 cm³/mol. The second kappa shape index (κ2) is 7.55. The van der Waals surface area contributed by atoms with E-state index in [4.69, 9.17) is 4.74 Å². The molecule has 3 rings (SSSR count). The van der Waals surface area contributed by atoms with Gasteiger partial charge >= 0.3 is 5.69 Å². The molecule has 3 atom stereocenters. The van der Waals surface area contributed by atoms with Gasteiger partial charge in [-0.1, -0.05) is 0 Å². The third-order valence-corrected chi connectivity index (χ3v) is 4.89. The van der Waals surface area contributed by atoms with E-state index in [1.807, 2.05) is 13.8 Å². The number of morpholine rings is 1. The van der Waals surface area contributed by atoms with Crippen molar-refractivity contribution in [2.45, 2.75) is 45.2 Å². The summed E-state index contributed by atoms with van der Waals surface area (Å²) in [5, 5.41) is 19.2. The Morgan fingerprint density at radius 2 is 1.81 bits per heavy atom. The fourth-order valence-electron chi connectivity index (χ4n) is 3.69. The summed E-state index contributed by atoms with van der Waals surface area (Å²) >= 11 is 0. The molecular formula is C17H27N5O5. The maximum absolute atomic E-state index is 12.7. The van der Waals surface area contributed by atoms with Gasteiger partial charge in [0, 0.05) is 27.2 Å². The average Bonchev–Trinajstić information content (AvgIpc) is 2.95. The van der Waals surface area contributed by atoms with Gasteiger partial charge in [-0.2, -0.15) is 0 Å². The van der Waals surface area contributed by atoms with Gasteiger partial charge in [0.25, 0.3) is 5.56 Å². The van der Waals surface area contributed by atoms with E-state index in [0.29, 0.717) is 25.5 Å². The molecule has 0 aromatic carbocycles. The Morgan fingerprint density at radius 3 is 2.41 bits per heavy atom. The molecule has 150 valence electrons. The number of fused-ring (bicyclic) bond motifs is 1. The Hall–Kier alpha value is -2.01. The molecule has 3 heterocycles. The van der Waals surface area contributed by atoms with Crippen molar-refractivity contribution in [3.8, 4) is 0 Å². The third-order valence-electron chi connectivity index (χ3n) is 4.89. The third kappa shape index (κ3) is 3.70. The van der Waals surface area contributed by atoms with Crippen molar-refractivity contribution in [1.82, 2.24) is 23.6 Å². The van der Waals surface area contributed by atoms with Gasteiger partial charge in [0.2, 0.25) is 0 Å². The predicted octanol–water partition coefficient (Wildman–Crippen LogP) is -1.60. The molecule has 2 N–H and O–H groups in total. The van der Waals surface area contributed by atoms with Gasteiger partial charge < -0.3 is 19.5 Å². The summed E-state index contributed by atoms with van der Waals surface area (Å²) in [5.74, 6) is 0.567. The molecule has 10 heteroatoms. The van der Waals surface area contributed by atoms with Crippen LogP contribution in [0.15, 0.2) is 9.59 Å². The Morgan fingerprint density at radius 1 is 1.19 bits per heavy atom. The molecule has 1 fully saturated rings. The summed E-state index contributed by atoms with van der Waals surface area (Å²) in [5.41, 5.74) is -0.408. The standard InChI is InChI=1S/C17H27N5O5/c1-10-5-21(6-11(2)27-10)8-13-18-15-14(22(13)7-12(24)9-23)16(25)20(4)17(26)19(15)3/h10-12,23-24H,5-9H2,1-4H3/t10-,11-,12+/m1/s1. The van der Waals surface area contributed by atoms with Gasteiger partial charge in [-0.3, -0.25) is 18.8 Å². The number of hydrogen-bond donors (Lipinski definition) is 2. The molecule has 0 bridgehead atoms. The highest BCUT2D eigenvalue weighted by atomic mass is 16.5. The van der Waals surface area contributed by atoms with Crippen molar-refractivity contribution in [1.29, 1.82) is 0 Å².